The van der Waals surface area contributed by atoms with Crippen LogP contribution in [0.25, 0.3) is 0 Å². The van der Waals surface area contributed by atoms with Crippen LogP contribution >= 0.6 is 0 Å². The monoisotopic (exact) mass is 262 g/mol. The molecule has 5 heteroatoms. The van der Waals surface area contributed by atoms with E-state index < -0.39 is 12.0 Å². The Morgan fingerprint density at radius 1 is 1.37 bits per heavy atom. The average Bonchev–Trinajstić information content (AvgIpc) is 2.68. The highest BCUT2D eigenvalue weighted by Crippen LogP contribution is 2.22. The van der Waals surface area contributed by atoms with E-state index in [0.29, 0.717) is 6.54 Å². The second-order valence-electron chi connectivity index (χ2n) is 5.12. The van der Waals surface area contributed by atoms with Crippen molar-refractivity contribution in [2.45, 2.75) is 32.5 Å². The summed E-state index contributed by atoms with van der Waals surface area (Å²) < 4.78 is 0. The molecule has 1 fully saturated rings. The molecule has 19 heavy (non-hydrogen) atoms. The van der Waals surface area contributed by atoms with Gasteiger partial charge in [-0.2, -0.15) is 0 Å². The minimum Gasteiger partial charge on any atom is -0.480 e. The molecule has 5 nitrogen and oxygen atoms in total. The second kappa shape index (κ2) is 5.30. The molecule has 2 atom stereocenters. The van der Waals surface area contributed by atoms with E-state index in [4.69, 9.17) is 0 Å². The number of urea groups is 1. The van der Waals surface area contributed by atoms with Gasteiger partial charge in [0.05, 0.1) is 6.04 Å². The fourth-order valence-electron chi connectivity index (χ4n) is 2.39. The van der Waals surface area contributed by atoms with E-state index in [2.05, 4.69) is 5.32 Å². The molecule has 1 heterocycles. The van der Waals surface area contributed by atoms with Crippen molar-refractivity contribution in [2.24, 2.45) is 5.92 Å². The number of hydrogen-bond donors (Lipinski definition) is 2. The van der Waals surface area contributed by atoms with E-state index in [9.17, 15) is 14.7 Å². The van der Waals surface area contributed by atoms with Crippen LogP contribution in [0.1, 0.15) is 19.4 Å². The summed E-state index contributed by atoms with van der Waals surface area (Å²) >= 11 is 0. The van der Waals surface area contributed by atoms with E-state index in [1.165, 1.54) is 4.90 Å². The molecule has 1 aromatic carbocycles. The number of nitrogens with one attached hydrogen (secondary N) is 1. The molecule has 1 saturated heterocycles. The Morgan fingerprint density at radius 3 is 2.53 bits per heavy atom. The van der Waals surface area contributed by atoms with E-state index >= 15 is 0 Å². The normalized spacial score (nSPS) is 22.7. The smallest absolute Gasteiger partial charge is 0.328 e. The molecule has 1 aliphatic rings. The number of aliphatic carboxylic acids is 1. The Labute approximate surface area is 112 Å². The number of carbonyl (C=O) groups excluding carboxylic acids is 1. The van der Waals surface area contributed by atoms with Gasteiger partial charge in [-0.05, 0) is 11.5 Å². The van der Waals surface area contributed by atoms with Crippen molar-refractivity contribution in [2.75, 3.05) is 0 Å². The van der Waals surface area contributed by atoms with Gasteiger partial charge in [0.15, 0.2) is 6.04 Å². The third-order valence-corrected chi connectivity index (χ3v) is 3.39. The van der Waals surface area contributed by atoms with E-state index in [-0.39, 0.29) is 18.0 Å². The molecule has 2 rings (SSSR count). The third kappa shape index (κ3) is 2.70. The van der Waals surface area contributed by atoms with Gasteiger partial charge >= 0.3 is 12.0 Å². The van der Waals surface area contributed by atoms with Crippen molar-refractivity contribution in [3.05, 3.63) is 35.9 Å². The first-order valence-corrected chi connectivity index (χ1v) is 6.34. The molecule has 0 spiro atoms. The summed E-state index contributed by atoms with van der Waals surface area (Å²) in [6, 6.07) is 7.93. The molecule has 2 amide bonds. The predicted octanol–water partition coefficient (Wildman–Crippen LogP) is 1.69. The molecule has 102 valence electrons. The SMILES string of the molecule is CC(C)[C@@H]1NC(=O)N(Cc2ccccc2)[C@H]1C(=O)O. The molecular weight excluding hydrogens is 244 g/mol. The Balaban J connectivity index is 2.22. The van der Waals surface area contributed by atoms with E-state index in [1.54, 1.807) is 0 Å². The summed E-state index contributed by atoms with van der Waals surface area (Å²) in [6.07, 6.45) is 0. The maximum Gasteiger partial charge on any atom is 0.328 e. The van der Waals surface area contributed by atoms with Crippen molar-refractivity contribution >= 4 is 12.0 Å². The standard InChI is InChI=1S/C14H18N2O3/c1-9(2)11-12(13(17)18)16(14(19)15-11)8-10-6-4-3-5-7-10/h3-7,9,11-12H,8H2,1-2H3,(H,15,19)(H,17,18)/t11-,12+/m0/s1. The summed E-state index contributed by atoms with van der Waals surface area (Å²) in [5.74, 6) is -0.890. The Bertz CT molecular complexity index is 473. The zero-order valence-corrected chi connectivity index (χ0v) is 11.0. The van der Waals surface area contributed by atoms with Gasteiger partial charge in [-0.1, -0.05) is 44.2 Å². The van der Waals surface area contributed by atoms with Crippen LogP contribution in [0, 0.1) is 5.92 Å². The van der Waals surface area contributed by atoms with Crippen LogP contribution in [-0.2, 0) is 11.3 Å². The van der Waals surface area contributed by atoms with Crippen molar-refractivity contribution in [3.63, 3.8) is 0 Å². The van der Waals surface area contributed by atoms with E-state index in [0.717, 1.165) is 5.56 Å². The lowest BCUT2D eigenvalue weighted by atomic mass is 9.97. The highest BCUT2D eigenvalue weighted by molar-refractivity contribution is 5.87. The summed E-state index contributed by atoms with van der Waals surface area (Å²) in [6.45, 7) is 4.13. The zero-order chi connectivity index (χ0) is 14.0. The Kier molecular flexibility index (Phi) is 3.74. The first kappa shape index (κ1) is 13.4. The van der Waals surface area contributed by atoms with E-state index in [1.807, 2.05) is 44.2 Å². The third-order valence-electron chi connectivity index (χ3n) is 3.39. The summed E-state index contributed by atoms with van der Waals surface area (Å²) in [7, 11) is 0. The summed E-state index contributed by atoms with van der Waals surface area (Å²) in [5.41, 5.74) is 0.924. The van der Waals surface area contributed by atoms with Gasteiger partial charge in [0, 0.05) is 6.54 Å². The highest BCUT2D eigenvalue weighted by Gasteiger charge is 2.45. The summed E-state index contributed by atoms with van der Waals surface area (Å²) in [4.78, 5) is 24.8. The molecule has 0 radical (unpaired) electrons. The van der Waals surface area contributed by atoms with Crippen LogP contribution in [0.3, 0.4) is 0 Å². The predicted molar refractivity (Wildman–Crippen MR) is 70.6 cm³/mol. The van der Waals surface area contributed by atoms with Gasteiger partial charge in [-0.3, -0.25) is 0 Å². The maximum absolute atomic E-state index is 12.0. The lowest BCUT2D eigenvalue weighted by Crippen LogP contribution is -2.45. The van der Waals surface area contributed by atoms with Crippen molar-refractivity contribution in [1.29, 1.82) is 0 Å². The molecule has 0 unspecified atom stereocenters. The number of rotatable bonds is 4. The number of carboxylic acids is 1. The molecule has 1 aliphatic heterocycles. The van der Waals surface area contributed by atoms with Gasteiger partial charge in [-0.25, -0.2) is 9.59 Å². The fraction of sp³-hybridized carbons (Fsp3) is 0.429. The molecule has 2 N–H and O–H groups in total. The van der Waals surface area contributed by atoms with Gasteiger partial charge in [-0.15, -0.1) is 0 Å². The number of hydrogen-bond acceptors (Lipinski definition) is 2. The van der Waals surface area contributed by atoms with Gasteiger partial charge < -0.3 is 15.3 Å². The number of amides is 2. The number of carboxylic acid groups (broad SMARTS) is 1. The van der Waals surface area contributed by atoms with Gasteiger partial charge in [0.2, 0.25) is 0 Å². The molecule has 0 bridgehead atoms. The molecule has 0 aliphatic carbocycles. The van der Waals surface area contributed by atoms with Gasteiger partial charge in [0.1, 0.15) is 0 Å². The largest absolute Gasteiger partial charge is 0.480 e. The van der Waals surface area contributed by atoms with Crippen molar-refractivity contribution in [1.82, 2.24) is 10.2 Å². The minimum atomic E-state index is -0.965. The average molecular weight is 262 g/mol. The number of benzene rings is 1. The Morgan fingerprint density at radius 2 is 2.00 bits per heavy atom. The van der Waals surface area contributed by atoms with Crippen LogP contribution in [-0.4, -0.2) is 34.1 Å². The first-order chi connectivity index (χ1) is 9.00. The Hall–Kier alpha value is -2.04. The molecular formula is C14H18N2O3. The lowest BCUT2D eigenvalue weighted by molar-refractivity contribution is -0.142. The van der Waals surface area contributed by atoms with Crippen LogP contribution < -0.4 is 5.32 Å². The minimum absolute atomic E-state index is 0.0748. The first-order valence-electron chi connectivity index (χ1n) is 6.34. The van der Waals surface area contributed by atoms with Crippen LogP contribution in [0.5, 0.6) is 0 Å². The highest BCUT2D eigenvalue weighted by atomic mass is 16.4. The van der Waals surface area contributed by atoms with Crippen LogP contribution in [0.2, 0.25) is 0 Å². The number of nitrogens with zero attached hydrogens (tertiary/aromatic N) is 1. The number of carbonyl (C=O) groups is 2. The van der Waals surface area contributed by atoms with Gasteiger partial charge in [0.25, 0.3) is 0 Å². The topological polar surface area (TPSA) is 69.6 Å². The molecule has 0 aromatic heterocycles. The zero-order valence-electron chi connectivity index (χ0n) is 11.0. The van der Waals surface area contributed by atoms with Crippen LogP contribution in [0.15, 0.2) is 30.3 Å². The summed E-state index contributed by atoms with van der Waals surface area (Å²) in [5, 5.41) is 12.1. The van der Waals surface area contributed by atoms with Crippen LogP contribution in [0.4, 0.5) is 4.79 Å². The lowest BCUT2D eigenvalue weighted by Gasteiger charge is -2.24. The fourth-order valence-corrected chi connectivity index (χ4v) is 2.39. The second-order valence-corrected chi connectivity index (χ2v) is 5.12. The molecule has 1 aromatic rings. The quantitative estimate of drug-likeness (QED) is 0.867. The van der Waals surface area contributed by atoms with Crippen molar-refractivity contribution < 1.29 is 14.7 Å². The molecule has 0 saturated carbocycles. The van der Waals surface area contributed by atoms with Crippen molar-refractivity contribution in [3.8, 4) is 0 Å². The maximum atomic E-state index is 12.0.